The van der Waals surface area contributed by atoms with Gasteiger partial charge in [0.15, 0.2) is 0 Å². The lowest BCUT2D eigenvalue weighted by Gasteiger charge is -2.18. The van der Waals surface area contributed by atoms with Gasteiger partial charge in [-0.3, -0.25) is 19.9 Å². The first-order chi connectivity index (χ1) is 20.8. The van der Waals surface area contributed by atoms with Crippen LogP contribution >= 0.6 is 0 Å². The van der Waals surface area contributed by atoms with Crippen LogP contribution in [0, 0.1) is 0 Å². The van der Waals surface area contributed by atoms with Gasteiger partial charge < -0.3 is 0 Å². The highest BCUT2D eigenvalue weighted by Gasteiger charge is 2.17. The van der Waals surface area contributed by atoms with Crippen molar-refractivity contribution < 1.29 is 0 Å². The quantitative estimate of drug-likeness (QED) is 0.210. The molecule has 0 atom stereocenters. The van der Waals surface area contributed by atoms with Gasteiger partial charge in [-0.15, -0.1) is 0 Å². The molecule has 0 aliphatic rings. The van der Waals surface area contributed by atoms with E-state index in [1.807, 2.05) is 48.8 Å². The van der Waals surface area contributed by atoms with Crippen LogP contribution in [0.3, 0.4) is 0 Å². The predicted octanol–water partition coefficient (Wildman–Crippen LogP) is 9.39. The highest BCUT2D eigenvalue weighted by Crippen LogP contribution is 2.44. The first-order valence-electron chi connectivity index (χ1n) is 14.0. The molecule has 4 aromatic heterocycles. The third kappa shape index (κ3) is 4.01. The molecule has 0 saturated carbocycles. The van der Waals surface area contributed by atoms with Crippen molar-refractivity contribution in [2.24, 2.45) is 0 Å². The zero-order chi connectivity index (χ0) is 27.9. The van der Waals surface area contributed by atoms with Crippen molar-refractivity contribution in [2.45, 2.75) is 0 Å². The SMILES string of the molecule is c1ccc(-c2ccc(-c3ccc(-c4ccc(-c5ccccn5)nc4)c4c5ccccc5c5ccccc5c34)cn2)nc1. The third-order valence-electron chi connectivity index (χ3n) is 7.89. The van der Waals surface area contributed by atoms with Crippen LogP contribution in [0.4, 0.5) is 0 Å². The van der Waals surface area contributed by atoms with E-state index >= 15 is 0 Å². The molecule has 8 aromatic rings. The molecule has 8 rings (SSSR count). The van der Waals surface area contributed by atoms with Crippen molar-refractivity contribution in [3.05, 3.63) is 146 Å². The zero-order valence-electron chi connectivity index (χ0n) is 22.6. The van der Waals surface area contributed by atoms with Gasteiger partial charge in [0, 0.05) is 35.9 Å². The average molecular weight is 537 g/mol. The van der Waals surface area contributed by atoms with Gasteiger partial charge in [0.2, 0.25) is 0 Å². The van der Waals surface area contributed by atoms with Crippen LogP contribution in [0.1, 0.15) is 0 Å². The van der Waals surface area contributed by atoms with Crippen LogP contribution in [0.25, 0.3) is 77.3 Å². The van der Waals surface area contributed by atoms with Crippen molar-refractivity contribution in [2.75, 3.05) is 0 Å². The Hall–Kier alpha value is -5.74. The summed E-state index contributed by atoms with van der Waals surface area (Å²) in [5.41, 5.74) is 7.86. The molecule has 42 heavy (non-hydrogen) atoms. The molecule has 0 saturated heterocycles. The average Bonchev–Trinajstić information content (AvgIpc) is 3.09. The number of rotatable bonds is 4. The maximum atomic E-state index is 4.82. The number of pyridine rings is 4. The second-order valence-corrected chi connectivity index (χ2v) is 10.3. The molecule has 0 amide bonds. The largest absolute Gasteiger partial charge is 0.255 e. The number of hydrogen-bond donors (Lipinski definition) is 0. The van der Waals surface area contributed by atoms with Crippen molar-refractivity contribution in [1.82, 2.24) is 19.9 Å². The van der Waals surface area contributed by atoms with E-state index < -0.39 is 0 Å². The summed E-state index contributed by atoms with van der Waals surface area (Å²) in [7, 11) is 0. The Balaban J connectivity index is 1.39. The third-order valence-corrected chi connectivity index (χ3v) is 7.89. The Labute approximate surface area is 243 Å². The Morgan fingerprint density at radius 2 is 0.714 bits per heavy atom. The molecule has 0 spiro atoms. The molecular formula is C38H24N4. The number of fused-ring (bicyclic) bond motifs is 6. The standard InChI is InChI=1S/C38H24N4/c1-3-11-31-29(9-1)30-10-2-4-12-32(30)38-28(26-16-20-36(42-24-26)34-14-6-8-22-40-34)18-17-27(37(31)38)25-15-19-35(41-23-25)33-13-5-7-21-39-33/h1-24H. The van der Waals surface area contributed by atoms with Crippen LogP contribution < -0.4 is 0 Å². The van der Waals surface area contributed by atoms with Gasteiger partial charge in [-0.2, -0.15) is 0 Å². The normalized spacial score (nSPS) is 11.3. The minimum absolute atomic E-state index is 0.856. The van der Waals surface area contributed by atoms with Crippen LogP contribution in [0.2, 0.25) is 0 Å². The first kappa shape index (κ1) is 24.1. The van der Waals surface area contributed by atoms with Crippen molar-refractivity contribution in [3.63, 3.8) is 0 Å². The molecule has 4 nitrogen and oxygen atoms in total. The summed E-state index contributed by atoms with van der Waals surface area (Å²) in [5, 5.41) is 7.33. The molecule has 4 heteroatoms. The van der Waals surface area contributed by atoms with E-state index in [-0.39, 0.29) is 0 Å². The minimum atomic E-state index is 0.856. The van der Waals surface area contributed by atoms with E-state index in [1.54, 1.807) is 12.4 Å². The van der Waals surface area contributed by atoms with Crippen LogP contribution in [-0.2, 0) is 0 Å². The van der Waals surface area contributed by atoms with Gasteiger partial charge in [0.25, 0.3) is 0 Å². The fraction of sp³-hybridized carbons (Fsp3) is 0. The Kier molecular flexibility index (Phi) is 5.75. The maximum Gasteiger partial charge on any atom is 0.0886 e. The van der Waals surface area contributed by atoms with Gasteiger partial charge >= 0.3 is 0 Å². The Morgan fingerprint density at radius 3 is 1.10 bits per heavy atom. The molecule has 0 unspecified atom stereocenters. The van der Waals surface area contributed by atoms with Crippen LogP contribution in [-0.4, -0.2) is 19.9 Å². The van der Waals surface area contributed by atoms with Crippen molar-refractivity contribution in [3.8, 4) is 45.0 Å². The molecule has 0 aliphatic carbocycles. The maximum absolute atomic E-state index is 4.82. The molecular weight excluding hydrogens is 512 g/mol. The van der Waals surface area contributed by atoms with E-state index in [0.29, 0.717) is 0 Å². The lowest BCUT2D eigenvalue weighted by molar-refractivity contribution is 1.25. The summed E-state index contributed by atoms with van der Waals surface area (Å²) in [6.07, 6.45) is 7.52. The molecule has 0 bridgehead atoms. The van der Waals surface area contributed by atoms with Gasteiger partial charge in [-0.25, -0.2) is 0 Å². The highest BCUT2D eigenvalue weighted by atomic mass is 14.8. The lowest BCUT2D eigenvalue weighted by Crippen LogP contribution is -1.93. The number of nitrogens with zero attached hydrogens (tertiary/aromatic N) is 4. The van der Waals surface area contributed by atoms with E-state index in [0.717, 1.165) is 45.0 Å². The number of benzene rings is 4. The highest BCUT2D eigenvalue weighted by molar-refractivity contribution is 6.31. The lowest BCUT2D eigenvalue weighted by atomic mass is 9.86. The van der Waals surface area contributed by atoms with Gasteiger partial charge in [0.1, 0.15) is 0 Å². The smallest absolute Gasteiger partial charge is 0.0886 e. The zero-order valence-corrected chi connectivity index (χ0v) is 22.6. The number of hydrogen-bond acceptors (Lipinski definition) is 4. The Bertz CT molecular complexity index is 2050. The molecule has 196 valence electrons. The van der Waals surface area contributed by atoms with Gasteiger partial charge in [-0.1, -0.05) is 84.9 Å². The monoisotopic (exact) mass is 536 g/mol. The summed E-state index contributed by atoms with van der Waals surface area (Å²) in [5.74, 6) is 0. The predicted molar refractivity (Wildman–Crippen MR) is 172 cm³/mol. The first-order valence-corrected chi connectivity index (χ1v) is 14.0. The molecule has 4 aromatic carbocycles. The summed E-state index contributed by atoms with van der Waals surface area (Å²) in [4.78, 5) is 18.6. The minimum Gasteiger partial charge on any atom is -0.255 e. The molecule has 4 heterocycles. The summed E-state index contributed by atoms with van der Waals surface area (Å²) in [6, 6.07) is 42.0. The van der Waals surface area contributed by atoms with Crippen LogP contribution in [0.15, 0.2) is 146 Å². The second-order valence-electron chi connectivity index (χ2n) is 10.3. The van der Waals surface area contributed by atoms with Gasteiger partial charge in [0.05, 0.1) is 22.8 Å². The molecule has 0 aliphatic heterocycles. The second kappa shape index (κ2) is 10.0. The molecule has 0 radical (unpaired) electrons. The fourth-order valence-corrected chi connectivity index (χ4v) is 5.95. The summed E-state index contributed by atoms with van der Waals surface area (Å²) >= 11 is 0. The van der Waals surface area contributed by atoms with E-state index in [1.165, 1.54) is 32.3 Å². The van der Waals surface area contributed by atoms with E-state index in [4.69, 9.17) is 9.97 Å². The number of aromatic nitrogens is 4. The van der Waals surface area contributed by atoms with Crippen LogP contribution in [0.5, 0.6) is 0 Å². The fourth-order valence-electron chi connectivity index (χ4n) is 5.95. The summed E-state index contributed by atoms with van der Waals surface area (Å²) in [6.45, 7) is 0. The topological polar surface area (TPSA) is 51.6 Å². The summed E-state index contributed by atoms with van der Waals surface area (Å²) < 4.78 is 0. The molecule has 0 fully saturated rings. The van der Waals surface area contributed by atoms with Crippen molar-refractivity contribution in [1.29, 1.82) is 0 Å². The Morgan fingerprint density at radius 1 is 0.310 bits per heavy atom. The van der Waals surface area contributed by atoms with E-state index in [9.17, 15) is 0 Å². The molecule has 0 N–H and O–H groups in total. The van der Waals surface area contributed by atoms with E-state index in [2.05, 4.69) is 94.9 Å². The van der Waals surface area contributed by atoms with Crippen molar-refractivity contribution >= 4 is 32.3 Å². The van der Waals surface area contributed by atoms with Gasteiger partial charge in [-0.05, 0) is 79.8 Å².